The first-order chi connectivity index (χ1) is 9.75. The molecule has 0 aromatic carbocycles. The normalized spacial score (nSPS) is 26.9. The Labute approximate surface area is 121 Å². The van der Waals surface area contributed by atoms with Gasteiger partial charge in [-0.15, -0.1) is 0 Å². The summed E-state index contributed by atoms with van der Waals surface area (Å²) >= 11 is 0. The van der Waals surface area contributed by atoms with Gasteiger partial charge in [0.15, 0.2) is 0 Å². The summed E-state index contributed by atoms with van der Waals surface area (Å²) in [6.45, 7) is 3.93. The lowest BCUT2D eigenvalue weighted by Gasteiger charge is -2.32. The van der Waals surface area contributed by atoms with Gasteiger partial charge in [0, 0.05) is 19.1 Å². The predicted molar refractivity (Wildman–Crippen MR) is 76.2 cm³/mol. The SMILES string of the molecule is FC(F)COCCN1CCCNC(C2CCCCC2)C1. The molecule has 118 valence electrons. The molecule has 1 heterocycles. The summed E-state index contributed by atoms with van der Waals surface area (Å²) in [6, 6.07) is 0.577. The van der Waals surface area contributed by atoms with Crippen molar-refractivity contribution >= 4 is 0 Å². The van der Waals surface area contributed by atoms with Crippen molar-refractivity contribution < 1.29 is 13.5 Å². The maximum absolute atomic E-state index is 12.0. The molecule has 1 aliphatic heterocycles. The number of rotatable bonds is 6. The van der Waals surface area contributed by atoms with Crippen molar-refractivity contribution in [3.63, 3.8) is 0 Å². The van der Waals surface area contributed by atoms with E-state index in [1.165, 1.54) is 32.1 Å². The molecule has 3 nitrogen and oxygen atoms in total. The van der Waals surface area contributed by atoms with Crippen molar-refractivity contribution in [3.05, 3.63) is 0 Å². The number of nitrogens with zero attached hydrogens (tertiary/aromatic N) is 1. The number of ether oxygens (including phenoxy) is 1. The van der Waals surface area contributed by atoms with Crippen molar-refractivity contribution in [3.8, 4) is 0 Å². The molecule has 0 amide bonds. The molecule has 2 fully saturated rings. The van der Waals surface area contributed by atoms with Crippen molar-refractivity contribution in [1.82, 2.24) is 10.2 Å². The number of alkyl halides is 2. The Balaban J connectivity index is 1.71. The van der Waals surface area contributed by atoms with Crippen LogP contribution in [-0.4, -0.2) is 56.8 Å². The fourth-order valence-corrected chi connectivity index (χ4v) is 3.45. The minimum atomic E-state index is -2.35. The van der Waals surface area contributed by atoms with Gasteiger partial charge in [0.25, 0.3) is 6.43 Å². The molecule has 1 N–H and O–H groups in total. The van der Waals surface area contributed by atoms with Gasteiger partial charge >= 0.3 is 0 Å². The van der Waals surface area contributed by atoms with Crippen molar-refractivity contribution in [2.75, 3.05) is 39.4 Å². The van der Waals surface area contributed by atoms with Gasteiger partial charge in [-0.05, 0) is 38.3 Å². The van der Waals surface area contributed by atoms with Crippen molar-refractivity contribution in [1.29, 1.82) is 0 Å². The quantitative estimate of drug-likeness (QED) is 0.761. The van der Waals surface area contributed by atoms with Crippen LogP contribution in [0.4, 0.5) is 8.78 Å². The van der Waals surface area contributed by atoms with Gasteiger partial charge in [-0.2, -0.15) is 0 Å². The van der Waals surface area contributed by atoms with Gasteiger partial charge in [0.1, 0.15) is 6.61 Å². The van der Waals surface area contributed by atoms with Crippen LogP contribution in [-0.2, 0) is 4.74 Å². The van der Waals surface area contributed by atoms with Gasteiger partial charge in [-0.1, -0.05) is 19.3 Å². The van der Waals surface area contributed by atoms with E-state index in [0.717, 1.165) is 38.5 Å². The predicted octanol–water partition coefficient (Wildman–Crippen LogP) is 2.51. The Morgan fingerprint density at radius 3 is 2.70 bits per heavy atom. The molecule has 5 heteroatoms. The summed E-state index contributed by atoms with van der Waals surface area (Å²) in [5.74, 6) is 0.798. The van der Waals surface area contributed by atoms with Crippen molar-refractivity contribution in [2.45, 2.75) is 51.0 Å². The molecule has 1 aliphatic carbocycles. The average molecular weight is 290 g/mol. The summed E-state index contributed by atoms with van der Waals surface area (Å²) in [5.41, 5.74) is 0. The molecule has 1 atom stereocenters. The Kier molecular flexibility index (Phi) is 7.17. The molecule has 0 spiro atoms. The highest BCUT2D eigenvalue weighted by Gasteiger charge is 2.26. The van der Waals surface area contributed by atoms with E-state index in [1.807, 2.05) is 0 Å². The van der Waals surface area contributed by atoms with E-state index >= 15 is 0 Å². The zero-order valence-electron chi connectivity index (χ0n) is 12.3. The van der Waals surface area contributed by atoms with Crippen LogP contribution in [0.3, 0.4) is 0 Å². The number of nitrogens with one attached hydrogen (secondary N) is 1. The molecule has 2 rings (SSSR count). The molecule has 0 aromatic heterocycles. The third kappa shape index (κ3) is 5.62. The minimum Gasteiger partial charge on any atom is -0.374 e. The van der Waals surface area contributed by atoms with Crippen LogP contribution in [0.5, 0.6) is 0 Å². The Hall–Kier alpha value is -0.260. The van der Waals surface area contributed by atoms with Crippen LogP contribution in [0.25, 0.3) is 0 Å². The molecule has 1 unspecified atom stereocenters. The number of hydrogen-bond donors (Lipinski definition) is 1. The summed E-state index contributed by atoms with van der Waals surface area (Å²) < 4.78 is 29.1. The number of halogens is 2. The van der Waals surface area contributed by atoms with Crippen LogP contribution in [0.2, 0.25) is 0 Å². The lowest BCUT2D eigenvalue weighted by molar-refractivity contribution is 0.00911. The lowest BCUT2D eigenvalue weighted by atomic mass is 9.83. The molecule has 2 aliphatic rings. The molecular weight excluding hydrogens is 262 g/mol. The highest BCUT2D eigenvalue weighted by molar-refractivity contribution is 4.84. The maximum atomic E-state index is 12.0. The molecule has 20 heavy (non-hydrogen) atoms. The minimum absolute atomic E-state index is 0.418. The van der Waals surface area contributed by atoms with Crippen LogP contribution < -0.4 is 5.32 Å². The van der Waals surface area contributed by atoms with Gasteiger partial charge < -0.3 is 10.1 Å². The van der Waals surface area contributed by atoms with E-state index in [9.17, 15) is 8.78 Å². The Bertz CT molecular complexity index is 260. The van der Waals surface area contributed by atoms with E-state index in [0.29, 0.717) is 12.6 Å². The fourth-order valence-electron chi connectivity index (χ4n) is 3.45. The third-order valence-electron chi connectivity index (χ3n) is 4.53. The molecule has 1 saturated heterocycles. The largest absolute Gasteiger partial charge is 0.374 e. The first-order valence-electron chi connectivity index (χ1n) is 8.07. The van der Waals surface area contributed by atoms with Gasteiger partial charge in [0.05, 0.1) is 6.61 Å². The second kappa shape index (κ2) is 8.90. The standard InChI is InChI=1S/C15H28F2N2O/c16-15(17)12-20-10-9-19-8-4-7-18-14(11-19)13-5-2-1-3-6-13/h13-15,18H,1-12H2. The summed E-state index contributed by atoms with van der Waals surface area (Å²) in [5, 5.41) is 3.69. The zero-order valence-corrected chi connectivity index (χ0v) is 12.3. The fraction of sp³-hybridized carbons (Fsp3) is 1.00. The monoisotopic (exact) mass is 290 g/mol. The van der Waals surface area contributed by atoms with E-state index in [1.54, 1.807) is 0 Å². The van der Waals surface area contributed by atoms with Gasteiger partial charge in [0.2, 0.25) is 0 Å². The topological polar surface area (TPSA) is 24.5 Å². The van der Waals surface area contributed by atoms with E-state index in [4.69, 9.17) is 4.74 Å². The van der Waals surface area contributed by atoms with E-state index < -0.39 is 13.0 Å². The maximum Gasteiger partial charge on any atom is 0.261 e. The van der Waals surface area contributed by atoms with E-state index in [2.05, 4.69) is 10.2 Å². The summed E-state index contributed by atoms with van der Waals surface area (Å²) in [6.07, 6.45) is 5.57. The summed E-state index contributed by atoms with van der Waals surface area (Å²) in [4.78, 5) is 2.38. The van der Waals surface area contributed by atoms with Gasteiger partial charge in [-0.25, -0.2) is 8.78 Å². The lowest BCUT2D eigenvalue weighted by Crippen LogP contribution is -2.44. The summed E-state index contributed by atoms with van der Waals surface area (Å²) in [7, 11) is 0. The molecular formula is C15H28F2N2O. The van der Waals surface area contributed by atoms with Crippen LogP contribution in [0.1, 0.15) is 38.5 Å². The highest BCUT2D eigenvalue weighted by Crippen LogP contribution is 2.27. The van der Waals surface area contributed by atoms with Gasteiger partial charge in [-0.3, -0.25) is 4.90 Å². The van der Waals surface area contributed by atoms with Crippen LogP contribution >= 0.6 is 0 Å². The Morgan fingerprint density at radius 2 is 1.95 bits per heavy atom. The zero-order chi connectivity index (χ0) is 14.2. The number of hydrogen-bond acceptors (Lipinski definition) is 3. The van der Waals surface area contributed by atoms with Crippen molar-refractivity contribution in [2.24, 2.45) is 5.92 Å². The van der Waals surface area contributed by atoms with Crippen LogP contribution in [0, 0.1) is 5.92 Å². The first-order valence-corrected chi connectivity index (χ1v) is 8.07. The average Bonchev–Trinajstić information content (AvgIpc) is 2.70. The first kappa shape index (κ1) is 16.1. The molecule has 0 bridgehead atoms. The molecule has 0 radical (unpaired) electrons. The highest BCUT2D eigenvalue weighted by atomic mass is 19.3. The smallest absolute Gasteiger partial charge is 0.261 e. The van der Waals surface area contributed by atoms with Crippen LogP contribution in [0.15, 0.2) is 0 Å². The second-order valence-corrected chi connectivity index (χ2v) is 6.08. The molecule has 0 aromatic rings. The van der Waals surface area contributed by atoms with E-state index in [-0.39, 0.29) is 0 Å². The second-order valence-electron chi connectivity index (χ2n) is 6.08. The Morgan fingerprint density at radius 1 is 1.15 bits per heavy atom. The third-order valence-corrected chi connectivity index (χ3v) is 4.53. The molecule has 1 saturated carbocycles.